The predicted molar refractivity (Wildman–Crippen MR) is 45.9 cm³/mol. The van der Waals surface area contributed by atoms with Gasteiger partial charge in [0.05, 0.1) is 10.6 Å². The highest BCUT2D eigenvalue weighted by atomic mass is 35.5. The van der Waals surface area contributed by atoms with E-state index in [2.05, 4.69) is 9.97 Å². The molecule has 0 fully saturated rings. The Hall–Kier alpha value is -0.480. The number of aromatic nitrogens is 2. The molecule has 0 spiro atoms. The smallest absolute Gasteiger partial charge is 0.224 e. The maximum absolute atomic E-state index is 5.62. The Morgan fingerprint density at radius 2 is 2.27 bits per heavy atom. The molecule has 0 radical (unpaired) electrons. The molecule has 1 aromatic rings. The number of anilines is 1. The molecule has 1 aliphatic heterocycles. The molecule has 58 valence electrons. The van der Waals surface area contributed by atoms with Gasteiger partial charge in [-0.05, 0) is 11.6 Å². The lowest BCUT2D eigenvalue weighted by molar-refractivity contribution is 0.984. The van der Waals surface area contributed by atoms with Gasteiger partial charge in [0, 0.05) is 12.2 Å². The number of thioether (sulfide) groups is 1. The van der Waals surface area contributed by atoms with Gasteiger partial charge in [-0.2, -0.15) is 4.98 Å². The van der Waals surface area contributed by atoms with Crippen LogP contribution in [0.3, 0.4) is 0 Å². The summed E-state index contributed by atoms with van der Waals surface area (Å²) in [5.74, 6) is 1.55. The van der Waals surface area contributed by atoms with Crippen molar-refractivity contribution < 1.29 is 0 Å². The summed E-state index contributed by atoms with van der Waals surface area (Å²) in [4.78, 5) is 8.93. The van der Waals surface area contributed by atoms with E-state index in [1.165, 1.54) is 0 Å². The normalized spacial score (nSPS) is 15.0. The molecular formula is C6H6ClN3S. The van der Waals surface area contributed by atoms with E-state index in [1.807, 2.05) is 0 Å². The van der Waals surface area contributed by atoms with E-state index in [-0.39, 0.29) is 5.28 Å². The first-order valence-electron chi connectivity index (χ1n) is 3.22. The lowest BCUT2D eigenvalue weighted by Gasteiger charge is -1.99. The molecule has 2 rings (SSSR count). The van der Waals surface area contributed by atoms with Crippen LogP contribution in [0.5, 0.6) is 0 Å². The molecule has 0 aliphatic carbocycles. The second-order valence-electron chi connectivity index (χ2n) is 2.25. The molecular weight excluding hydrogens is 182 g/mol. The molecule has 0 unspecified atom stereocenters. The van der Waals surface area contributed by atoms with E-state index >= 15 is 0 Å². The fourth-order valence-electron chi connectivity index (χ4n) is 1.06. The number of halogens is 1. The SMILES string of the molecule is Nc1nc(Cl)nc2c1SCC2. The lowest BCUT2D eigenvalue weighted by Crippen LogP contribution is -1.97. The number of aryl methyl sites for hydroxylation is 1. The van der Waals surface area contributed by atoms with Crippen molar-refractivity contribution in [2.75, 3.05) is 11.5 Å². The average molecular weight is 188 g/mol. The fraction of sp³-hybridized carbons (Fsp3) is 0.333. The molecule has 2 N–H and O–H groups in total. The van der Waals surface area contributed by atoms with Gasteiger partial charge in [-0.25, -0.2) is 4.98 Å². The zero-order chi connectivity index (χ0) is 7.84. The third-order valence-electron chi connectivity index (χ3n) is 1.52. The number of nitrogens with zero attached hydrogens (tertiary/aromatic N) is 2. The summed E-state index contributed by atoms with van der Waals surface area (Å²) in [7, 11) is 0. The second kappa shape index (κ2) is 2.53. The van der Waals surface area contributed by atoms with Crippen molar-refractivity contribution >= 4 is 29.2 Å². The summed E-state index contributed by atoms with van der Waals surface area (Å²) in [6, 6.07) is 0. The highest BCUT2D eigenvalue weighted by Crippen LogP contribution is 2.34. The maximum atomic E-state index is 5.62. The Morgan fingerprint density at radius 3 is 3.09 bits per heavy atom. The highest BCUT2D eigenvalue weighted by Gasteiger charge is 2.17. The number of rotatable bonds is 0. The standard InChI is InChI=1S/C6H6ClN3S/c7-6-9-3-1-2-11-4(3)5(8)10-6/h1-2H2,(H2,8,9,10). The largest absolute Gasteiger partial charge is 0.383 e. The van der Waals surface area contributed by atoms with E-state index in [0.29, 0.717) is 5.82 Å². The topological polar surface area (TPSA) is 51.8 Å². The van der Waals surface area contributed by atoms with E-state index in [9.17, 15) is 0 Å². The van der Waals surface area contributed by atoms with Crippen molar-refractivity contribution in [2.24, 2.45) is 0 Å². The van der Waals surface area contributed by atoms with Crippen molar-refractivity contribution in [1.82, 2.24) is 9.97 Å². The van der Waals surface area contributed by atoms with E-state index < -0.39 is 0 Å². The van der Waals surface area contributed by atoms with Crippen LogP contribution >= 0.6 is 23.4 Å². The molecule has 0 amide bonds. The van der Waals surface area contributed by atoms with Crippen LogP contribution < -0.4 is 5.73 Å². The Bertz CT molecular complexity index is 302. The first-order valence-corrected chi connectivity index (χ1v) is 4.58. The number of nitrogen functional groups attached to an aromatic ring is 1. The third-order valence-corrected chi connectivity index (χ3v) is 2.83. The van der Waals surface area contributed by atoms with Crippen molar-refractivity contribution in [3.63, 3.8) is 0 Å². The van der Waals surface area contributed by atoms with Crippen molar-refractivity contribution in [3.8, 4) is 0 Å². The van der Waals surface area contributed by atoms with Crippen LogP contribution in [-0.4, -0.2) is 15.7 Å². The van der Waals surface area contributed by atoms with E-state index in [1.54, 1.807) is 11.8 Å². The van der Waals surface area contributed by atoms with Gasteiger partial charge in [0.15, 0.2) is 0 Å². The third kappa shape index (κ3) is 1.16. The van der Waals surface area contributed by atoms with Crippen molar-refractivity contribution in [1.29, 1.82) is 0 Å². The van der Waals surface area contributed by atoms with Crippen LogP contribution in [0.1, 0.15) is 5.69 Å². The predicted octanol–water partition coefficient (Wildman–Crippen LogP) is 1.36. The molecule has 1 aliphatic rings. The summed E-state index contributed by atoms with van der Waals surface area (Å²) in [5.41, 5.74) is 6.61. The van der Waals surface area contributed by atoms with Gasteiger partial charge in [-0.1, -0.05) is 0 Å². The Labute approximate surface area is 73.4 Å². The molecule has 2 heterocycles. The molecule has 11 heavy (non-hydrogen) atoms. The number of nitrogens with two attached hydrogens (primary N) is 1. The van der Waals surface area contributed by atoms with Crippen molar-refractivity contribution in [2.45, 2.75) is 11.3 Å². The highest BCUT2D eigenvalue weighted by molar-refractivity contribution is 7.99. The van der Waals surface area contributed by atoms with Crippen LogP contribution in [0, 0.1) is 0 Å². The zero-order valence-corrected chi connectivity index (χ0v) is 7.24. The van der Waals surface area contributed by atoms with Gasteiger partial charge in [-0.15, -0.1) is 11.8 Å². The van der Waals surface area contributed by atoms with Gasteiger partial charge in [0.2, 0.25) is 5.28 Å². The first kappa shape index (κ1) is 7.18. The molecule has 0 aromatic carbocycles. The summed E-state index contributed by atoms with van der Waals surface area (Å²) in [6.45, 7) is 0. The average Bonchev–Trinajstić information content (AvgIpc) is 2.34. The summed E-state index contributed by atoms with van der Waals surface area (Å²) in [5, 5.41) is 0.253. The second-order valence-corrected chi connectivity index (χ2v) is 3.70. The monoisotopic (exact) mass is 187 g/mol. The van der Waals surface area contributed by atoms with Gasteiger partial charge in [0.25, 0.3) is 0 Å². The van der Waals surface area contributed by atoms with E-state index in [4.69, 9.17) is 17.3 Å². The minimum absolute atomic E-state index is 0.253. The van der Waals surface area contributed by atoms with Crippen molar-refractivity contribution in [3.05, 3.63) is 11.0 Å². The van der Waals surface area contributed by atoms with Crippen LogP contribution in [0.15, 0.2) is 4.90 Å². The Kier molecular flexibility index (Phi) is 1.65. The summed E-state index contributed by atoms with van der Waals surface area (Å²) in [6.07, 6.45) is 0.951. The van der Waals surface area contributed by atoms with Crippen LogP contribution in [0.2, 0.25) is 5.28 Å². The molecule has 5 heteroatoms. The Morgan fingerprint density at radius 1 is 1.45 bits per heavy atom. The minimum Gasteiger partial charge on any atom is -0.383 e. The van der Waals surface area contributed by atoms with Gasteiger partial charge < -0.3 is 5.73 Å². The molecule has 3 nitrogen and oxygen atoms in total. The summed E-state index contributed by atoms with van der Waals surface area (Å²) < 4.78 is 0. The number of hydrogen-bond donors (Lipinski definition) is 1. The molecule has 0 atom stereocenters. The van der Waals surface area contributed by atoms with Crippen LogP contribution in [0.25, 0.3) is 0 Å². The fourth-order valence-corrected chi connectivity index (χ4v) is 2.26. The quantitative estimate of drug-likeness (QED) is 0.624. The molecule has 0 saturated heterocycles. The number of fused-ring (bicyclic) bond motifs is 1. The maximum Gasteiger partial charge on any atom is 0.224 e. The molecule has 0 saturated carbocycles. The van der Waals surface area contributed by atoms with E-state index in [0.717, 1.165) is 22.8 Å². The van der Waals surface area contributed by atoms with Gasteiger partial charge in [-0.3, -0.25) is 0 Å². The van der Waals surface area contributed by atoms with Crippen LogP contribution in [0.4, 0.5) is 5.82 Å². The molecule has 0 bridgehead atoms. The van der Waals surface area contributed by atoms with Gasteiger partial charge >= 0.3 is 0 Å². The first-order chi connectivity index (χ1) is 5.27. The lowest BCUT2D eigenvalue weighted by atomic mass is 10.3. The Balaban J connectivity index is 2.60. The summed E-state index contributed by atoms with van der Waals surface area (Å²) >= 11 is 7.31. The zero-order valence-electron chi connectivity index (χ0n) is 5.67. The minimum atomic E-state index is 0.253. The van der Waals surface area contributed by atoms with Crippen LogP contribution in [-0.2, 0) is 6.42 Å². The van der Waals surface area contributed by atoms with Gasteiger partial charge in [0.1, 0.15) is 5.82 Å². The molecule has 1 aromatic heterocycles. The number of hydrogen-bond acceptors (Lipinski definition) is 4.